The number of benzene rings is 2. The quantitative estimate of drug-likeness (QED) is 0.455. The highest BCUT2D eigenvalue weighted by Crippen LogP contribution is 2.53. The molecule has 0 amide bonds. The zero-order chi connectivity index (χ0) is 21.4. The second-order valence-electron chi connectivity index (χ2n) is 9.94. The van der Waals surface area contributed by atoms with Gasteiger partial charge in [-0.2, -0.15) is 0 Å². The molecule has 4 saturated carbocycles. The van der Waals surface area contributed by atoms with Gasteiger partial charge in [-0.1, -0.05) is 45.8 Å². The molecule has 0 aliphatic heterocycles. The van der Waals surface area contributed by atoms with Crippen LogP contribution in [0.5, 0.6) is 11.5 Å². The predicted molar refractivity (Wildman–Crippen MR) is 128 cm³/mol. The zero-order valence-corrected chi connectivity index (χ0v) is 20.3. The van der Waals surface area contributed by atoms with Gasteiger partial charge in [0.2, 0.25) is 0 Å². The largest absolute Gasteiger partial charge is 0.490 e. The van der Waals surface area contributed by atoms with Crippen LogP contribution in [-0.2, 0) is 13.2 Å². The molecule has 4 aliphatic rings. The molecule has 0 spiro atoms. The van der Waals surface area contributed by atoms with Gasteiger partial charge in [0, 0.05) is 17.1 Å². The number of ether oxygens (including phenoxy) is 2. The zero-order valence-electron chi connectivity index (χ0n) is 18.7. The van der Waals surface area contributed by atoms with Crippen LogP contribution in [0.2, 0.25) is 0 Å². The Balaban J connectivity index is 1.27. The summed E-state index contributed by atoms with van der Waals surface area (Å²) in [6, 6.07) is 13.4. The Bertz CT molecular complexity index is 882. The van der Waals surface area contributed by atoms with Crippen molar-refractivity contribution >= 4 is 15.9 Å². The fraction of sp³-hybridized carbons (Fsp3) is 0.556. The second kappa shape index (κ2) is 9.15. The van der Waals surface area contributed by atoms with E-state index in [2.05, 4.69) is 64.6 Å². The van der Waals surface area contributed by atoms with Crippen LogP contribution in [0.25, 0.3) is 0 Å². The first-order chi connectivity index (χ1) is 15.1. The first kappa shape index (κ1) is 21.3. The molecule has 4 aliphatic carbocycles. The Kier molecular flexibility index (Phi) is 6.30. The van der Waals surface area contributed by atoms with E-state index in [9.17, 15) is 0 Å². The van der Waals surface area contributed by atoms with E-state index in [0.29, 0.717) is 19.3 Å². The molecule has 2 aromatic carbocycles. The van der Waals surface area contributed by atoms with Crippen LogP contribution < -0.4 is 14.8 Å². The van der Waals surface area contributed by atoms with Gasteiger partial charge in [0.1, 0.15) is 6.61 Å². The summed E-state index contributed by atoms with van der Waals surface area (Å²) in [5.74, 6) is 5.44. The van der Waals surface area contributed by atoms with Crippen LogP contribution in [0.4, 0.5) is 0 Å². The lowest BCUT2D eigenvalue weighted by Crippen LogP contribution is -2.54. The van der Waals surface area contributed by atoms with Crippen molar-refractivity contribution in [1.29, 1.82) is 0 Å². The molecule has 4 heteroatoms. The SMILES string of the molecule is CCOc1cc(CNC2C3CC4CC(C3)CC2C4)c(Br)cc1OCc1ccc(C)cc1. The number of hydrogen-bond donors (Lipinski definition) is 1. The van der Waals surface area contributed by atoms with E-state index in [1.165, 1.54) is 43.2 Å². The molecule has 166 valence electrons. The third-order valence-corrected chi connectivity index (χ3v) is 8.42. The molecule has 0 saturated heterocycles. The van der Waals surface area contributed by atoms with Crippen molar-refractivity contribution in [2.24, 2.45) is 23.7 Å². The molecule has 31 heavy (non-hydrogen) atoms. The Morgan fingerprint density at radius 1 is 0.903 bits per heavy atom. The van der Waals surface area contributed by atoms with Crippen LogP contribution in [0.1, 0.15) is 55.7 Å². The third-order valence-electron chi connectivity index (χ3n) is 7.68. The molecule has 4 bridgehead atoms. The average Bonchev–Trinajstić information content (AvgIpc) is 2.75. The van der Waals surface area contributed by atoms with E-state index >= 15 is 0 Å². The normalized spacial score (nSPS) is 28.7. The van der Waals surface area contributed by atoms with Gasteiger partial charge < -0.3 is 14.8 Å². The van der Waals surface area contributed by atoms with Crippen LogP contribution in [0.15, 0.2) is 40.9 Å². The maximum atomic E-state index is 6.15. The molecule has 0 atom stereocenters. The predicted octanol–water partition coefficient (Wildman–Crippen LogP) is 6.65. The van der Waals surface area contributed by atoms with Gasteiger partial charge in [-0.05, 0) is 92.9 Å². The molecule has 3 nitrogen and oxygen atoms in total. The average molecular weight is 484 g/mol. The topological polar surface area (TPSA) is 30.5 Å². The lowest BCUT2D eigenvalue weighted by Gasteiger charge is -2.54. The highest BCUT2D eigenvalue weighted by Gasteiger charge is 2.47. The van der Waals surface area contributed by atoms with Crippen molar-refractivity contribution in [1.82, 2.24) is 5.32 Å². The summed E-state index contributed by atoms with van der Waals surface area (Å²) in [5, 5.41) is 3.95. The smallest absolute Gasteiger partial charge is 0.162 e. The summed E-state index contributed by atoms with van der Waals surface area (Å²) < 4.78 is 13.2. The van der Waals surface area contributed by atoms with Crippen LogP contribution >= 0.6 is 15.9 Å². The van der Waals surface area contributed by atoms with Gasteiger partial charge in [0.15, 0.2) is 11.5 Å². The molecule has 0 unspecified atom stereocenters. The minimum Gasteiger partial charge on any atom is -0.490 e. The maximum absolute atomic E-state index is 6.15. The summed E-state index contributed by atoms with van der Waals surface area (Å²) >= 11 is 3.80. The van der Waals surface area contributed by atoms with Gasteiger partial charge in [0.25, 0.3) is 0 Å². The van der Waals surface area contributed by atoms with Crippen molar-refractivity contribution in [3.8, 4) is 11.5 Å². The lowest BCUT2D eigenvalue weighted by molar-refractivity contribution is -0.0142. The molecule has 0 radical (unpaired) electrons. The fourth-order valence-electron chi connectivity index (χ4n) is 6.43. The summed E-state index contributed by atoms with van der Waals surface area (Å²) in [4.78, 5) is 0. The van der Waals surface area contributed by atoms with E-state index in [4.69, 9.17) is 9.47 Å². The lowest BCUT2D eigenvalue weighted by atomic mass is 9.54. The van der Waals surface area contributed by atoms with Crippen molar-refractivity contribution in [3.05, 3.63) is 57.6 Å². The summed E-state index contributed by atoms with van der Waals surface area (Å²) in [5.41, 5.74) is 3.68. The summed E-state index contributed by atoms with van der Waals surface area (Å²) in [7, 11) is 0. The van der Waals surface area contributed by atoms with Crippen molar-refractivity contribution in [2.75, 3.05) is 6.61 Å². The Morgan fingerprint density at radius 2 is 1.55 bits per heavy atom. The number of nitrogens with one attached hydrogen (secondary N) is 1. The molecular weight excluding hydrogens is 450 g/mol. The van der Waals surface area contributed by atoms with Gasteiger partial charge in [0.05, 0.1) is 6.61 Å². The van der Waals surface area contributed by atoms with Crippen molar-refractivity contribution in [3.63, 3.8) is 0 Å². The Hall–Kier alpha value is -1.52. The first-order valence-corrected chi connectivity index (χ1v) is 12.7. The second-order valence-corrected chi connectivity index (χ2v) is 10.8. The summed E-state index contributed by atoms with van der Waals surface area (Å²) in [6.45, 7) is 6.18. The van der Waals surface area contributed by atoms with E-state index in [1.807, 2.05) is 6.92 Å². The van der Waals surface area contributed by atoms with E-state index < -0.39 is 0 Å². The number of hydrogen-bond acceptors (Lipinski definition) is 3. The summed E-state index contributed by atoms with van der Waals surface area (Å²) in [6.07, 6.45) is 7.29. The molecule has 2 aromatic rings. The number of halogens is 1. The maximum Gasteiger partial charge on any atom is 0.162 e. The molecule has 4 fully saturated rings. The standard InChI is InChI=1S/C27H34BrNO2/c1-3-30-25-13-23(15-29-27-21-9-19-8-20(11-21)12-22(27)10-19)24(28)14-26(25)31-16-18-6-4-17(2)5-7-18/h4-7,13-14,19-22,27,29H,3,8-12,15-16H2,1-2H3. The van der Waals surface area contributed by atoms with Crippen LogP contribution in [-0.4, -0.2) is 12.6 Å². The molecule has 1 N–H and O–H groups in total. The minimum atomic E-state index is 0.540. The van der Waals surface area contributed by atoms with Gasteiger partial charge in [-0.15, -0.1) is 0 Å². The minimum absolute atomic E-state index is 0.540. The van der Waals surface area contributed by atoms with Crippen LogP contribution in [0.3, 0.4) is 0 Å². The molecule has 0 heterocycles. The highest BCUT2D eigenvalue weighted by molar-refractivity contribution is 9.10. The fourth-order valence-corrected chi connectivity index (χ4v) is 6.89. The number of aryl methyl sites for hydroxylation is 1. The Morgan fingerprint density at radius 3 is 2.19 bits per heavy atom. The molecule has 0 aromatic heterocycles. The van der Waals surface area contributed by atoms with Gasteiger partial charge in [-0.25, -0.2) is 0 Å². The van der Waals surface area contributed by atoms with E-state index in [-0.39, 0.29) is 0 Å². The van der Waals surface area contributed by atoms with E-state index in [0.717, 1.165) is 51.8 Å². The third kappa shape index (κ3) is 4.66. The van der Waals surface area contributed by atoms with Crippen molar-refractivity contribution in [2.45, 2.75) is 65.1 Å². The molecule has 6 rings (SSSR count). The monoisotopic (exact) mass is 483 g/mol. The van der Waals surface area contributed by atoms with Crippen molar-refractivity contribution < 1.29 is 9.47 Å². The van der Waals surface area contributed by atoms with Gasteiger partial charge >= 0.3 is 0 Å². The number of rotatable bonds is 8. The van der Waals surface area contributed by atoms with Crippen LogP contribution in [0, 0.1) is 30.6 Å². The van der Waals surface area contributed by atoms with Gasteiger partial charge in [-0.3, -0.25) is 0 Å². The van der Waals surface area contributed by atoms with E-state index in [1.54, 1.807) is 0 Å². The Labute approximate surface area is 195 Å². The first-order valence-electron chi connectivity index (χ1n) is 12.0. The molecular formula is C27H34BrNO2. The highest BCUT2D eigenvalue weighted by atomic mass is 79.9.